The quantitative estimate of drug-likeness (QED) is 0.594. The van der Waals surface area contributed by atoms with Crippen molar-refractivity contribution in [2.24, 2.45) is 16.9 Å². The molecule has 7 nitrogen and oxygen atoms in total. The molecule has 0 unspecified atom stereocenters. The first-order valence-corrected chi connectivity index (χ1v) is 9.64. The molecule has 3 heterocycles. The van der Waals surface area contributed by atoms with E-state index in [0.29, 0.717) is 5.69 Å². The fourth-order valence-corrected chi connectivity index (χ4v) is 4.70. The van der Waals surface area contributed by atoms with Gasteiger partial charge >= 0.3 is 5.97 Å². The minimum Gasteiger partial charge on any atom is -0.464 e. The molecule has 0 radical (unpaired) electrons. The highest BCUT2D eigenvalue weighted by Crippen LogP contribution is 2.52. The average molecular weight is 389 g/mol. The number of amides is 2. The van der Waals surface area contributed by atoms with Crippen molar-refractivity contribution in [3.05, 3.63) is 65.7 Å². The van der Waals surface area contributed by atoms with E-state index in [2.05, 4.69) is 5.10 Å². The molecule has 2 aromatic carbocycles. The summed E-state index contributed by atoms with van der Waals surface area (Å²) in [6, 6.07) is 15.0. The monoisotopic (exact) mass is 389 g/mol. The van der Waals surface area contributed by atoms with Gasteiger partial charge in [-0.05, 0) is 30.2 Å². The summed E-state index contributed by atoms with van der Waals surface area (Å²) in [4.78, 5) is 40.9. The molecule has 7 heteroatoms. The molecule has 2 aromatic rings. The fraction of sp³-hybridized carbons (Fsp3) is 0.273. The Morgan fingerprint density at radius 2 is 1.69 bits per heavy atom. The van der Waals surface area contributed by atoms with E-state index in [4.69, 9.17) is 4.74 Å². The van der Waals surface area contributed by atoms with Gasteiger partial charge in [0, 0.05) is 0 Å². The number of ether oxygens (including phenoxy) is 1. The second-order valence-electron chi connectivity index (χ2n) is 7.29. The predicted molar refractivity (Wildman–Crippen MR) is 105 cm³/mol. The first-order chi connectivity index (χ1) is 14.1. The molecule has 3 aliphatic rings. The van der Waals surface area contributed by atoms with E-state index in [9.17, 15) is 14.4 Å². The summed E-state index contributed by atoms with van der Waals surface area (Å²) in [5.74, 6) is -2.75. The summed E-state index contributed by atoms with van der Waals surface area (Å²) in [6.07, 6.45) is 1.67. The van der Waals surface area contributed by atoms with Crippen molar-refractivity contribution in [3.63, 3.8) is 0 Å². The molecule has 0 aliphatic carbocycles. The topological polar surface area (TPSA) is 79.3 Å². The van der Waals surface area contributed by atoms with Gasteiger partial charge in [0.05, 0.1) is 36.4 Å². The van der Waals surface area contributed by atoms with E-state index in [-0.39, 0.29) is 18.4 Å². The number of hydrazone groups is 1. The van der Waals surface area contributed by atoms with Crippen LogP contribution in [-0.2, 0) is 19.1 Å². The SMILES string of the molecule is CCOC(=O)[C@H]1[C@@H]2C(=O)N(c3ccccc3)C(=O)[C@@H]2[C@H]2c3ccccc3C=NN21. The van der Waals surface area contributed by atoms with Crippen LogP contribution in [0.2, 0.25) is 0 Å². The van der Waals surface area contributed by atoms with Gasteiger partial charge in [-0.15, -0.1) is 0 Å². The first-order valence-electron chi connectivity index (χ1n) is 9.64. The number of nitrogens with zero attached hydrogens (tertiary/aromatic N) is 3. The lowest BCUT2D eigenvalue weighted by Crippen LogP contribution is -2.45. The number of rotatable bonds is 3. The second kappa shape index (κ2) is 6.55. The predicted octanol–water partition coefficient (Wildman–Crippen LogP) is 2.13. The van der Waals surface area contributed by atoms with Crippen LogP contribution in [0.4, 0.5) is 5.69 Å². The largest absolute Gasteiger partial charge is 0.464 e. The highest BCUT2D eigenvalue weighted by atomic mass is 16.5. The first kappa shape index (κ1) is 17.6. The summed E-state index contributed by atoms with van der Waals surface area (Å²) in [7, 11) is 0. The zero-order valence-electron chi connectivity index (χ0n) is 15.8. The van der Waals surface area contributed by atoms with Crippen LogP contribution in [0.25, 0.3) is 0 Å². The van der Waals surface area contributed by atoms with Crippen LogP contribution in [0.3, 0.4) is 0 Å². The van der Waals surface area contributed by atoms with E-state index in [1.807, 2.05) is 30.3 Å². The van der Waals surface area contributed by atoms with Crippen LogP contribution < -0.4 is 4.90 Å². The summed E-state index contributed by atoms with van der Waals surface area (Å²) < 4.78 is 5.26. The minimum atomic E-state index is -0.931. The lowest BCUT2D eigenvalue weighted by atomic mass is 9.85. The van der Waals surface area contributed by atoms with Crippen molar-refractivity contribution in [1.82, 2.24) is 5.01 Å². The third-order valence-corrected chi connectivity index (χ3v) is 5.84. The number of imide groups is 1. The molecular weight excluding hydrogens is 370 g/mol. The fourth-order valence-electron chi connectivity index (χ4n) is 4.70. The highest BCUT2D eigenvalue weighted by molar-refractivity contribution is 6.23. The average Bonchev–Trinajstić information content (AvgIpc) is 3.22. The van der Waals surface area contributed by atoms with Crippen molar-refractivity contribution in [2.45, 2.75) is 19.0 Å². The standard InChI is InChI=1S/C22H19N3O4/c1-2-29-22(28)19-17-16(18-15-11-7-6-8-13(15)12-23-25(18)19)20(26)24(21(17)27)14-9-4-3-5-10-14/h3-12,16-19H,2H2,1H3/t16-,17+,18+,19+/m0/s1. The van der Waals surface area contributed by atoms with Crippen LogP contribution in [0.5, 0.6) is 0 Å². The summed E-state index contributed by atoms with van der Waals surface area (Å²) in [5, 5.41) is 6.04. The Bertz CT molecular complexity index is 1040. The normalized spacial score (nSPS) is 26.9. The molecule has 4 atom stereocenters. The minimum absolute atomic E-state index is 0.191. The number of anilines is 1. The molecule has 0 bridgehead atoms. The van der Waals surface area contributed by atoms with E-state index < -0.39 is 29.9 Å². The van der Waals surface area contributed by atoms with Crippen LogP contribution >= 0.6 is 0 Å². The van der Waals surface area contributed by atoms with E-state index in [1.54, 1.807) is 42.4 Å². The molecule has 2 saturated heterocycles. The zero-order chi connectivity index (χ0) is 20.1. The van der Waals surface area contributed by atoms with Crippen molar-refractivity contribution >= 4 is 29.7 Å². The Kier molecular flexibility index (Phi) is 3.97. The Morgan fingerprint density at radius 3 is 2.45 bits per heavy atom. The molecule has 0 aromatic heterocycles. The Hall–Kier alpha value is -3.48. The smallest absolute Gasteiger partial charge is 0.331 e. The van der Waals surface area contributed by atoms with Gasteiger partial charge < -0.3 is 4.74 Å². The number of esters is 1. The number of para-hydroxylation sites is 1. The molecule has 0 spiro atoms. The maximum atomic E-state index is 13.5. The zero-order valence-corrected chi connectivity index (χ0v) is 15.8. The lowest BCUT2D eigenvalue weighted by molar-refractivity contribution is -0.152. The van der Waals surface area contributed by atoms with Crippen LogP contribution in [0.1, 0.15) is 24.1 Å². The van der Waals surface area contributed by atoms with Crippen LogP contribution in [-0.4, -0.2) is 41.7 Å². The Labute approximate surface area is 167 Å². The molecule has 0 N–H and O–H groups in total. The number of hydrogen-bond acceptors (Lipinski definition) is 6. The number of carbonyl (C=O) groups excluding carboxylic acids is 3. The van der Waals surface area contributed by atoms with Crippen molar-refractivity contribution in [1.29, 1.82) is 0 Å². The molecule has 2 fully saturated rings. The molecule has 5 rings (SSSR count). The van der Waals surface area contributed by atoms with E-state index in [0.717, 1.165) is 11.1 Å². The third kappa shape index (κ3) is 2.43. The van der Waals surface area contributed by atoms with Crippen LogP contribution in [0, 0.1) is 11.8 Å². The maximum Gasteiger partial charge on any atom is 0.331 e. The molecule has 0 saturated carbocycles. The molecule has 3 aliphatic heterocycles. The lowest BCUT2D eigenvalue weighted by Gasteiger charge is -2.33. The van der Waals surface area contributed by atoms with Gasteiger partial charge in [0.2, 0.25) is 11.8 Å². The third-order valence-electron chi connectivity index (χ3n) is 5.84. The van der Waals surface area contributed by atoms with Crippen molar-refractivity contribution in [3.8, 4) is 0 Å². The Morgan fingerprint density at radius 1 is 1.00 bits per heavy atom. The van der Waals surface area contributed by atoms with Crippen molar-refractivity contribution in [2.75, 3.05) is 11.5 Å². The van der Waals surface area contributed by atoms with Crippen LogP contribution in [0.15, 0.2) is 59.7 Å². The molecule has 146 valence electrons. The molecule has 2 amide bonds. The second-order valence-corrected chi connectivity index (χ2v) is 7.29. The molecular formula is C22H19N3O4. The van der Waals surface area contributed by atoms with Crippen molar-refractivity contribution < 1.29 is 19.1 Å². The van der Waals surface area contributed by atoms with Gasteiger partial charge in [0.15, 0.2) is 6.04 Å². The van der Waals surface area contributed by atoms with Gasteiger partial charge in [-0.2, -0.15) is 5.10 Å². The van der Waals surface area contributed by atoms with E-state index >= 15 is 0 Å². The maximum absolute atomic E-state index is 13.5. The van der Waals surface area contributed by atoms with Gasteiger partial charge in [-0.25, -0.2) is 9.69 Å². The number of carbonyl (C=O) groups is 3. The molecule has 29 heavy (non-hydrogen) atoms. The summed E-state index contributed by atoms with van der Waals surface area (Å²) in [5.41, 5.74) is 2.29. The number of benzene rings is 2. The van der Waals surface area contributed by atoms with E-state index in [1.165, 1.54) is 4.90 Å². The van der Waals surface area contributed by atoms with Gasteiger partial charge in [0.1, 0.15) is 0 Å². The summed E-state index contributed by atoms with van der Waals surface area (Å²) in [6.45, 7) is 1.91. The summed E-state index contributed by atoms with van der Waals surface area (Å²) >= 11 is 0. The van der Waals surface area contributed by atoms with Gasteiger partial charge in [-0.1, -0.05) is 42.5 Å². The number of hydrogen-bond donors (Lipinski definition) is 0. The number of fused-ring (bicyclic) bond motifs is 5. The highest BCUT2D eigenvalue weighted by Gasteiger charge is 2.66. The van der Waals surface area contributed by atoms with Gasteiger partial charge in [0.25, 0.3) is 0 Å². The van der Waals surface area contributed by atoms with Gasteiger partial charge in [-0.3, -0.25) is 14.6 Å². The Balaban J connectivity index is 1.65.